The maximum Gasteiger partial charge on any atom is 0.262 e. The summed E-state index contributed by atoms with van der Waals surface area (Å²) >= 11 is 0. The number of aromatic hydroxyl groups is 1. The van der Waals surface area contributed by atoms with Gasteiger partial charge in [-0.15, -0.1) is 0 Å². The normalized spacial score (nSPS) is 14.7. The molecule has 1 aromatic carbocycles. The van der Waals surface area contributed by atoms with E-state index in [-0.39, 0.29) is 17.0 Å². The van der Waals surface area contributed by atoms with Crippen molar-refractivity contribution in [2.24, 2.45) is 0 Å². The molecule has 0 amide bonds. The number of benzene rings is 1. The summed E-state index contributed by atoms with van der Waals surface area (Å²) in [5.41, 5.74) is -0.557. The Morgan fingerprint density at radius 3 is 2.67 bits per heavy atom. The van der Waals surface area contributed by atoms with Gasteiger partial charge in [0.2, 0.25) is 5.88 Å². The van der Waals surface area contributed by atoms with Crippen molar-refractivity contribution >= 4 is 0 Å². The Bertz CT molecular complexity index is 662. The summed E-state index contributed by atoms with van der Waals surface area (Å²) in [5, 5.41) is 9.83. The highest BCUT2D eigenvalue weighted by atomic mass is 19.1. The molecule has 0 unspecified atom stereocenters. The topological polar surface area (TPSA) is 66.0 Å². The molecule has 0 atom stereocenters. The molecule has 1 fully saturated rings. The number of rotatable bonds is 2. The number of hydrogen-bond acceptors (Lipinski definition) is 3. The van der Waals surface area contributed by atoms with Gasteiger partial charge in [-0.25, -0.2) is 4.39 Å². The van der Waals surface area contributed by atoms with Crippen LogP contribution in [0.5, 0.6) is 5.88 Å². The average Bonchev–Trinajstić information content (AvgIpc) is 3.14. The van der Waals surface area contributed by atoms with E-state index in [1.165, 1.54) is 18.2 Å². The van der Waals surface area contributed by atoms with Crippen LogP contribution in [0.4, 0.5) is 4.39 Å². The quantitative estimate of drug-likeness (QED) is 0.853. The summed E-state index contributed by atoms with van der Waals surface area (Å²) in [4.78, 5) is 18.5. The zero-order valence-corrected chi connectivity index (χ0v) is 9.48. The first-order chi connectivity index (χ1) is 8.66. The minimum Gasteiger partial charge on any atom is -0.493 e. The summed E-state index contributed by atoms with van der Waals surface area (Å²) in [6.07, 6.45) is 1.92. The van der Waals surface area contributed by atoms with E-state index in [0.717, 1.165) is 12.8 Å². The SMILES string of the molecule is O=c1[nH]c(C2CC2)nc(O)c1-c1ccccc1F. The molecule has 2 N–H and O–H groups in total. The fourth-order valence-electron chi connectivity index (χ4n) is 1.94. The predicted octanol–water partition coefficient (Wildman–Crippen LogP) is 2.16. The molecule has 0 aliphatic heterocycles. The fraction of sp³-hybridized carbons (Fsp3) is 0.231. The van der Waals surface area contributed by atoms with Gasteiger partial charge < -0.3 is 10.1 Å². The number of H-pyrrole nitrogens is 1. The van der Waals surface area contributed by atoms with Crippen LogP contribution in [0.3, 0.4) is 0 Å². The molecule has 4 nitrogen and oxygen atoms in total. The van der Waals surface area contributed by atoms with E-state index < -0.39 is 17.3 Å². The Hall–Kier alpha value is -2.17. The summed E-state index contributed by atoms with van der Waals surface area (Å²) < 4.78 is 13.6. The number of aromatic nitrogens is 2. The Labute approximate surface area is 102 Å². The third-order valence-electron chi connectivity index (χ3n) is 3.03. The van der Waals surface area contributed by atoms with Crippen molar-refractivity contribution in [2.45, 2.75) is 18.8 Å². The van der Waals surface area contributed by atoms with Crippen LogP contribution in [0, 0.1) is 5.82 Å². The standard InChI is InChI=1S/C13H11FN2O2/c14-9-4-2-1-3-8(9)10-12(17)15-11(7-5-6-7)16-13(10)18/h1-4,7H,5-6H2,(H2,15,16,17,18). The molecule has 92 valence electrons. The van der Waals surface area contributed by atoms with Crippen LogP contribution in [0.25, 0.3) is 11.1 Å². The van der Waals surface area contributed by atoms with Gasteiger partial charge in [0, 0.05) is 11.5 Å². The molecule has 3 rings (SSSR count). The summed E-state index contributed by atoms with van der Waals surface area (Å²) in [6.45, 7) is 0. The number of nitrogens with zero attached hydrogens (tertiary/aromatic N) is 1. The zero-order chi connectivity index (χ0) is 12.7. The highest BCUT2D eigenvalue weighted by molar-refractivity contribution is 5.67. The van der Waals surface area contributed by atoms with E-state index in [0.29, 0.717) is 5.82 Å². The molecule has 0 saturated heterocycles. The Morgan fingerprint density at radius 1 is 1.33 bits per heavy atom. The largest absolute Gasteiger partial charge is 0.493 e. The van der Waals surface area contributed by atoms with Gasteiger partial charge in [-0.3, -0.25) is 4.79 Å². The van der Waals surface area contributed by atoms with Crippen molar-refractivity contribution in [1.82, 2.24) is 9.97 Å². The van der Waals surface area contributed by atoms with E-state index in [1.54, 1.807) is 6.07 Å². The number of nitrogens with one attached hydrogen (secondary N) is 1. The molecule has 1 saturated carbocycles. The van der Waals surface area contributed by atoms with Crippen LogP contribution >= 0.6 is 0 Å². The van der Waals surface area contributed by atoms with Crippen LogP contribution in [-0.2, 0) is 0 Å². The lowest BCUT2D eigenvalue weighted by Crippen LogP contribution is -2.14. The summed E-state index contributed by atoms with van der Waals surface area (Å²) in [5.74, 6) is -0.263. The fourth-order valence-corrected chi connectivity index (χ4v) is 1.94. The van der Waals surface area contributed by atoms with E-state index >= 15 is 0 Å². The van der Waals surface area contributed by atoms with Crippen LogP contribution in [0.1, 0.15) is 24.6 Å². The van der Waals surface area contributed by atoms with Gasteiger partial charge in [-0.2, -0.15) is 4.98 Å². The molecule has 0 bridgehead atoms. The molecule has 1 aliphatic carbocycles. The molecule has 18 heavy (non-hydrogen) atoms. The van der Waals surface area contributed by atoms with Crippen molar-refractivity contribution in [2.75, 3.05) is 0 Å². The van der Waals surface area contributed by atoms with Crippen LogP contribution < -0.4 is 5.56 Å². The molecule has 1 heterocycles. The molecule has 1 aliphatic rings. The van der Waals surface area contributed by atoms with Gasteiger partial charge in [0.1, 0.15) is 17.2 Å². The van der Waals surface area contributed by atoms with Gasteiger partial charge >= 0.3 is 0 Å². The monoisotopic (exact) mass is 246 g/mol. The molecular weight excluding hydrogens is 235 g/mol. The lowest BCUT2D eigenvalue weighted by molar-refractivity contribution is 0.449. The molecule has 0 radical (unpaired) electrons. The first-order valence-electron chi connectivity index (χ1n) is 5.75. The van der Waals surface area contributed by atoms with Gasteiger partial charge in [0.15, 0.2) is 0 Å². The van der Waals surface area contributed by atoms with Crippen molar-refractivity contribution < 1.29 is 9.50 Å². The molecule has 1 aromatic heterocycles. The van der Waals surface area contributed by atoms with Crippen LogP contribution in [0.15, 0.2) is 29.1 Å². The minimum atomic E-state index is -0.556. The van der Waals surface area contributed by atoms with E-state index in [1.807, 2.05) is 0 Å². The van der Waals surface area contributed by atoms with Crippen molar-refractivity contribution in [3.8, 4) is 17.0 Å². The van der Waals surface area contributed by atoms with Crippen LogP contribution in [0.2, 0.25) is 0 Å². The molecule has 2 aromatic rings. The van der Waals surface area contributed by atoms with Gasteiger partial charge in [0.05, 0.1) is 0 Å². The van der Waals surface area contributed by atoms with Crippen LogP contribution in [-0.4, -0.2) is 15.1 Å². The predicted molar refractivity (Wildman–Crippen MR) is 63.9 cm³/mol. The second-order valence-electron chi connectivity index (χ2n) is 4.40. The highest BCUT2D eigenvalue weighted by Crippen LogP contribution is 2.38. The number of hydrogen-bond donors (Lipinski definition) is 2. The first kappa shape index (κ1) is 11.0. The van der Waals surface area contributed by atoms with Crippen molar-refractivity contribution in [1.29, 1.82) is 0 Å². The molecule has 0 spiro atoms. The highest BCUT2D eigenvalue weighted by Gasteiger charge is 2.28. The number of aromatic amines is 1. The van der Waals surface area contributed by atoms with E-state index in [4.69, 9.17) is 0 Å². The second kappa shape index (κ2) is 3.94. The third kappa shape index (κ3) is 1.77. The zero-order valence-electron chi connectivity index (χ0n) is 9.48. The summed E-state index contributed by atoms with van der Waals surface area (Å²) in [7, 11) is 0. The Kier molecular flexibility index (Phi) is 2.40. The number of halogens is 1. The summed E-state index contributed by atoms with van der Waals surface area (Å²) in [6, 6.07) is 5.81. The Balaban J connectivity index is 2.18. The second-order valence-corrected chi connectivity index (χ2v) is 4.40. The van der Waals surface area contributed by atoms with E-state index in [9.17, 15) is 14.3 Å². The van der Waals surface area contributed by atoms with Gasteiger partial charge in [-0.1, -0.05) is 18.2 Å². The molecule has 5 heteroatoms. The van der Waals surface area contributed by atoms with Gasteiger partial charge in [0.25, 0.3) is 5.56 Å². The third-order valence-corrected chi connectivity index (χ3v) is 3.03. The first-order valence-corrected chi connectivity index (χ1v) is 5.75. The van der Waals surface area contributed by atoms with Crippen molar-refractivity contribution in [3.63, 3.8) is 0 Å². The van der Waals surface area contributed by atoms with Gasteiger partial charge in [-0.05, 0) is 18.9 Å². The van der Waals surface area contributed by atoms with E-state index in [2.05, 4.69) is 9.97 Å². The average molecular weight is 246 g/mol. The maximum absolute atomic E-state index is 13.6. The Morgan fingerprint density at radius 2 is 2.06 bits per heavy atom. The van der Waals surface area contributed by atoms with Crippen molar-refractivity contribution in [3.05, 3.63) is 46.3 Å². The smallest absolute Gasteiger partial charge is 0.262 e. The minimum absolute atomic E-state index is 0.0612. The maximum atomic E-state index is 13.6. The molecular formula is C13H11FN2O2. The lowest BCUT2D eigenvalue weighted by atomic mass is 10.1. The lowest BCUT2D eigenvalue weighted by Gasteiger charge is -2.06.